The van der Waals surface area contributed by atoms with Gasteiger partial charge in [0, 0.05) is 24.5 Å². The van der Waals surface area contributed by atoms with Crippen LogP contribution in [0.5, 0.6) is 0 Å². The number of hydrogen-bond acceptors (Lipinski definition) is 4. The second-order valence-electron chi connectivity index (χ2n) is 7.19. The maximum atomic E-state index is 4.79. The lowest BCUT2D eigenvalue weighted by Crippen LogP contribution is -2.44. The van der Waals surface area contributed by atoms with Crippen molar-refractivity contribution in [3.05, 3.63) is 29.5 Å². The molecule has 1 aliphatic rings. The van der Waals surface area contributed by atoms with E-state index in [-0.39, 0.29) is 0 Å². The Kier molecular flexibility index (Phi) is 4.81. The molecule has 2 aromatic rings. The minimum Gasteiger partial charge on any atom is -0.341 e. The summed E-state index contributed by atoms with van der Waals surface area (Å²) in [6.07, 6.45) is 2.34. The third-order valence-electron chi connectivity index (χ3n) is 4.62. The van der Waals surface area contributed by atoms with E-state index in [1.807, 2.05) is 0 Å². The molecule has 0 atom stereocenters. The average molecular weight is 312 g/mol. The lowest BCUT2D eigenvalue weighted by Gasteiger charge is -2.33. The number of nitrogens with zero attached hydrogens (tertiary/aromatic N) is 3. The summed E-state index contributed by atoms with van der Waals surface area (Å²) in [6, 6.07) is 7.05. The highest BCUT2D eigenvalue weighted by atomic mass is 15.3. The Bertz CT molecular complexity index is 672. The predicted molar refractivity (Wildman–Crippen MR) is 97.1 cm³/mol. The van der Waals surface area contributed by atoms with Crippen LogP contribution in [0.15, 0.2) is 18.2 Å². The van der Waals surface area contributed by atoms with Gasteiger partial charge in [-0.3, -0.25) is 0 Å². The van der Waals surface area contributed by atoms with E-state index in [0.29, 0.717) is 12.0 Å². The summed E-state index contributed by atoms with van der Waals surface area (Å²) >= 11 is 0. The van der Waals surface area contributed by atoms with E-state index in [4.69, 9.17) is 9.97 Å². The van der Waals surface area contributed by atoms with Crippen LogP contribution in [0, 0.1) is 19.8 Å². The molecule has 4 nitrogen and oxygen atoms in total. The SMILES string of the molecule is Cc1ccc2nc(N3CCC(NCC(C)C)CC3)nc(C)c2c1. The Morgan fingerprint density at radius 1 is 1.17 bits per heavy atom. The fourth-order valence-electron chi connectivity index (χ4n) is 3.21. The molecule has 0 unspecified atom stereocenters. The zero-order valence-electron chi connectivity index (χ0n) is 14.8. The normalized spacial score (nSPS) is 16.5. The zero-order chi connectivity index (χ0) is 16.4. The highest BCUT2D eigenvalue weighted by Gasteiger charge is 2.21. The van der Waals surface area contributed by atoms with Gasteiger partial charge in [0.25, 0.3) is 0 Å². The van der Waals surface area contributed by atoms with Crippen molar-refractivity contribution < 1.29 is 0 Å². The zero-order valence-corrected chi connectivity index (χ0v) is 14.8. The topological polar surface area (TPSA) is 41.1 Å². The Morgan fingerprint density at radius 3 is 2.61 bits per heavy atom. The Morgan fingerprint density at radius 2 is 1.91 bits per heavy atom. The molecule has 1 aliphatic heterocycles. The Hall–Kier alpha value is -1.68. The van der Waals surface area contributed by atoms with Crippen molar-refractivity contribution in [3.8, 4) is 0 Å². The number of anilines is 1. The minimum atomic E-state index is 0.637. The molecule has 4 heteroatoms. The molecule has 1 fully saturated rings. The summed E-state index contributed by atoms with van der Waals surface area (Å²) in [7, 11) is 0. The second-order valence-corrected chi connectivity index (χ2v) is 7.19. The van der Waals surface area contributed by atoms with Crippen LogP contribution < -0.4 is 10.2 Å². The highest BCUT2D eigenvalue weighted by Crippen LogP contribution is 2.22. The fourth-order valence-corrected chi connectivity index (χ4v) is 3.21. The van der Waals surface area contributed by atoms with E-state index in [9.17, 15) is 0 Å². The summed E-state index contributed by atoms with van der Waals surface area (Å²) < 4.78 is 0. The Labute approximate surface area is 139 Å². The van der Waals surface area contributed by atoms with Gasteiger partial charge in [0.05, 0.1) is 11.2 Å². The fraction of sp³-hybridized carbons (Fsp3) is 0.579. The van der Waals surface area contributed by atoms with E-state index in [1.165, 1.54) is 23.8 Å². The number of benzene rings is 1. The van der Waals surface area contributed by atoms with Crippen LogP contribution >= 0.6 is 0 Å². The molecule has 1 saturated heterocycles. The molecule has 23 heavy (non-hydrogen) atoms. The molecule has 0 bridgehead atoms. The third kappa shape index (κ3) is 3.81. The molecular formula is C19H28N4. The van der Waals surface area contributed by atoms with E-state index >= 15 is 0 Å². The van der Waals surface area contributed by atoms with Crippen LogP contribution in [-0.2, 0) is 0 Å². The molecule has 124 valence electrons. The number of rotatable bonds is 4. The van der Waals surface area contributed by atoms with Crippen LogP contribution in [0.1, 0.15) is 37.9 Å². The first-order valence-corrected chi connectivity index (χ1v) is 8.76. The third-order valence-corrected chi connectivity index (χ3v) is 4.62. The molecule has 0 spiro atoms. The summed E-state index contributed by atoms with van der Waals surface area (Å²) in [5.74, 6) is 1.60. The monoisotopic (exact) mass is 312 g/mol. The number of nitrogens with one attached hydrogen (secondary N) is 1. The van der Waals surface area contributed by atoms with Gasteiger partial charge in [-0.15, -0.1) is 0 Å². The van der Waals surface area contributed by atoms with Crippen molar-refractivity contribution in [2.24, 2.45) is 5.92 Å². The van der Waals surface area contributed by atoms with Crippen LogP contribution in [0.2, 0.25) is 0 Å². The molecule has 1 aromatic heterocycles. The molecule has 0 amide bonds. The van der Waals surface area contributed by atoms with Crippen molar-refractivity contribution in [1.29, 1.82) is 0 Å². The quantitative estimate of drug-likeness (QED) is 0.938. The summed E-state index contributed by atoms with van der Waals surface area (Å²) in [6.45, 7) is 11.9. The number of piperidine rings is 1. The van der Waals surface area contributed by atoms with Crippen LogP contribution in [0.3, 0.4) is 0 Å². The van der Waals surface area contributed by atoms with E-state index in [2.05, 4.69) is 56.1 Å². The molecule has 0 aliphatic carbocycles. The maximum Gasteiger partial charge on any atom is 0.226 e. The van der Waals surface area contributed by atoms with Crippen molar-refractivity contribution in [1.82, 2.24) is 15.3 Å². The van der Waals surface area contributed by atoms with E-state index in [0.717, 1.165) is 36.8 Å². The van der Waals surface area contributed by atoms with Crippen molar-refractivity contribution >= 4 is 16.9 Å². The van der Waals surface area contributed by atoms with Gasteiger partial charge in [-0.1, -0.05) is 25.5 Å². The molecule has 1 aromatic carbocycles. The van der Waals surface area contributed by atoms with Crippen LogP contribution in [-0.4, -0.2) is 35.6 Å². The number of fused-ring (bicyclic) bond motifs is 1. The van der Waals surface area contributed by atoms with Gasteiger partial charge < -0.3 is 10.2 Å². The molecule has 0 radical (unpaired) electrons. The van der Waals surface area contributed by atoms with Gasteiger partial charge in [0.2, 0.25) is 5.95 Å². The van der Waals surface area contributed by atoms with Crippen LogP contribution in [0.25, 0.3) is 10.9 Å². The molecule has 2 heterocycles. The smallest absolute Gasteiger partial charge is 0.226 e. The average Bonchev–Trinajstić information content (AvgIpc) is 2.54. The van der Waals surface area contributed by atoms with Gasteiger partial charge in [-0.05, 0) is 51.3 Å². The van der Waals surface area contributed by atoms with Gasteiger partial charge in [-0.2, -0.15) is 0 Å². The second kappa shape index (κ2) is 6.83. The molecule has 0 saturated carbocycles. The summed E-state index contributed by atoms with van der Waals surface area (Å²) in [4.78, 5) is 11.9. The standard InChI is InChI=1S/C19H28N4/c1-13(2)12-20-16-7-9-23(10-8-16)19-21-15(4)17-11-14(3)5-6-18(17)22-19/h5-6,11,13,16,20H,7-10,12H2,1-4H3. The lowest BCUT2D eigenvalue weighted by atomic mass is 10.0. The van der Waals surface area contributed by atoms with Gasteiger partial charge in [-0.25, -0.2) is 9.97 Å². The maximum absolute atomic E-state index is 4.79. The summed E-state index contributed by atoms with van der Waals surface area (Å²) in [5, 5.41) is 4.84. The van der Waals surface area contributed by atoms with Gasteiger partial charge in [0.15, 0.2) is 0 Å². The molecular weight excluding hydrogens is 284 g/mol. The number of aryl methyl sites for hydroxylation is 2. The number of hydrogen-bond donors (Lipinski definition) is 1. The van der Waals surface area contributed by atoms with E-state index in [1.54, 1.807) is 0 Å². The van der Waals surface area contributed by atoms with Crippen molar-refractivity contribution in [3.63, 3.8) is 0 Å². The van der Waals surface area contributed by atoms with Crippen LogP contribution in [0.4, 0.5) is 5.95 Å². The van der Waals surface area contributed by atoms with Gasteiger partial charge in [0.1, 0.15) is 0 Å². The first-order chi connectivity index (χ1) is 11.0. The largest absolute Gasteiger partial charge is 0.341 e. The first-order valence-electron chi connectivity index (χ1n) is 8.76. The molecule has 3 rings (SSSR count). The van der Waals surface area contributed by atoms with Crippen molar-refractivity contribution in [2.75, 3.05) is 24.5 Å². The van der Waals surface area contributed by atoms with Crippen molar-refractivity contribution in [2.45, 2.75) is 46.6 Å². The Balaban J connectivity index is 1.71. The van der Waals surface area contributed by atoms with E-state index < -0.39 is 0 Å². The number of aromatic nitrogens is 2. The first kappa shape index (κ1) is 16.2. The lowest BCUT2D eigenvalue weighted by molar-refractivity contribution is 0.390. The molecule has 1 N–H and O–H groups in total. The minimum absolute atomic E-state index is 0.637. The highest BCUT2D eigenvalue weighted by molar-refractivity contribution is 5.82. The predicted octanol–water partition coefficient (Wildman–Crippen LogP) is 3.46. The van der Waals surface area contributed by atoms with Gasteiger partial charge >= 0.3 is 0 Å². The summed E-state index contributed by atoms with van der Waals surface area (Å²) in [5.41, 5.74) is 3.39.